The fourth-order valence-electron chi connectivity index (χ4n) is 3.36. The summed E-state index contributed by atoms with van der Waals surface area (Å²) in [6, 6.07) is 3.10. The van der Waals surface area contributed by atoms with Crippen molar-refractivity contribution in [3.63, 3.8) is 0 Å². The number of rotatable bonds is 2. The molecule has 2 bridgehead atoms. The summed E-state index contributed by atoms with van der Waals surface area (Å²) in [5.74, 6) is 1.54. The number of nitrogens with one attached hydrogen (secondary N) is 1. The van der Waals surface area contributed by atoms with Gasteiger partial charge < -0.3 is 10.2 Å². The van der Waals surface area contributed by atoms with Gasteiger partial charge in [-0.15, -0.1) is 0 Å². The molecule has 2 aliphatic heterocycles. The minimum atomic E-state index is 0.565. The molecule has 20 heavy (non-hydrogen) atoms. The zero-order chi connectivity index (χ0) is 14.3. The van der Waals surface area contributed by atoms with E-state index in [0.717, 1.165) is 18.9 Å². The maximum absolute atomic E-state index is 6.35. The van der Waals surface area contributed by atoms with Gasteiger partial charge >= 0.3 is 0 Å². The van der Waals surface area contributed by atoms with Crippen LogP contribution in [0.1, 0.15) is 19.3 Å². The molecule has 1 aromatic rings. The lowest BCUT2D eigenvalue weighted by Gasteiger charge is -2.27. The van der Waals surface area contributed by atoms with Crippen LogP contribution in [-0.2, 0) is 0 Å². The summed E-state index contributed by atoms with van der Waals surface area (Å²) in [7, 11) is 4.06. The van der Waals surface area contributed by atoms with Gasteiger partial charge in [-0.1, -0.05) is 23.2 Å². The van der Waals surface area contributed by atoms with Gasteiger partial charge in [0.2, 0.25) is 0 Å². The van der Waals surface area contributed by atoms with E-state index in [4.69, 9.17) is 23.2 Å². The number of halogens is 2. The third-order valence-corrected chi connectivity index (χ3v) is 5.16. The Kier molecular flexibility index (Phi) is 3.98. The highest BCUT2D eigenvalue weighted by Crippen LogP contribution is 2.35. The van der Waals surface area contributed by atoms with Crippen molar-refractivity contribution in [2.75, 3.05) is 37.4 Å². The molecule has 2 unspecified atom stereocenters. The summed E-state index contributed by atoms with van der Waals surface area (Å²) in [4.78, 5) is 9.42. The molecule has 0 saturated carbocycles. The van der Waals surface area contributed by atoms with Crippen LogP contribution >= 0.6 is 23.2 Å². The van der Waals surface area contributed by atoms with Crippen LogP contribution in [0.15, 0.2) is 6.07 Å². The topological polar surface area (TPSA) is 31.4 Å². The highest BCUT2D eigenvalue weighted by Gasteiger charge is 2.35. The Morgan fingerprint density at radius 2 is 1.95 bits per heavy atom. The first kappa shape index (κ1) is 14.2. The van der Waals surface area contributed by atoms with Crippen LogP contribution in [0.25, 0.3) is 0 Å². The van der Waals surface area contributed by atoms with Gasteiger partial charge in [0.15, 0.2) is 0 Å². The lowest BCUT2D eigenvalue weighted by Crippen LogP contribution is -2.37. The van der Waals surface area contributed by atoms with E-state index in [-0.39, 0.29) is 0 Å². The number of likely N-dealkylation sites (N-methyl/N-ethyl adjacent to an activating group) is 1. The Hall–Kier alpha value is -0.710. The molecule has 1 aromatic heterocycles. The zero-order valence-electron chi connectivity index (χ0n) is 11.9. The molecular formula is C14H20Cl2N4. The highest BCUT2D eigenvalue weighted by molar-refractivity contribution is 6.37. The molecule has 110 valence electrons. The number of hydrogen-bond acceptors (Lipinski definition) is 4. The summed E-state index contributed by atoms with van der Waals surface area (Å²) in [5, 5.41) is 4.22. The molecule has 0 aromatic carbocycles. The van der Waals surface area contributed by atoms with Gasteiger partial charge in [0.05, 0.1) is 10.0 Å². The normalized spacial score (nSPS) is 26.7. The zero-order valence-corrected chi connectivity index (χ0v) is 13.4. The monoisotopic (exact) mass is 314 g/mol. The molecule has 2 aliphatic rings. The molecule has 0 radical (unpaired) electrons. The Balaban J connectivity index is 1.89. The third kappa shape index (κ3) is 2.45. The number of pyridine rings is 1. The Bertz CT molecular complexity index is 508. The molecule has 1 N–H and O–H groups in total. The van der Waals surface area contributed by atoms with Crippen molar-refractivity contribution in [2.45, 2.75) is 31.3 Å². The first-order valence-corrected chi connectivity index (χ1v) is 7.86. The van der Waals surface area contributed by atoms with E-state index >= 15 is 0 Å². The molecule has 3 rings (SSSR count). The standard InChI is InChI=1S/C14H20Cl2N4/c1-17-13-11(15)7-12(16)14(18-13)20-6-5-9-3-4-10(8-20)19(9)2/h7,9-10H,3-6,8H2,1-2H3,(H,17,18). The second kappa shape index (κ2) is 5.58. The van der Waals surface area contributed by atoms with E-state index in [1.165, 1.54) is 19.3 Å². The average molecular weight is 315 g/mol. The molecule has 3 heterocycles. The van der Waals surface area contributed by atoms with Crippen molar-refractivity contribution in [3.8, 4) is 0 Å². The van der Waals surface area contributed by atoms with Crippen LogP contribution < -0.4 is 10.2 Å². The highest BCUT2D eigenvalue weighted by atomic mass is 35.5. The molecular weight excluding hydrogens is 295 g/mol. The lowest BCUT2D eigenvalue weighted by molar-refractivity contribution is 0.254. The second-order valence-corrected chi connectivity index (χ2v) is 6.47. The fraction of sp³-hybridized carbons (Fsp3) is 0.643. The SMILES string of the molecule is CNc1nc(N2CCC3CCC(C2)N3C)c(Cl)cc1Cl. The first-order chi connectivity index (χ1) is 9.60. The van der Waals surface area contributed by atoms with E-state index in [2.05, 4.69) is 27.1 Å². The van der Waals surface area contributed by atoms with E-state index < -0.39 is 0 Å². The fourth-order valence-corrected chi connectivity index (χ4v) is 3.93. The number of fused-ring (bicyclic) bond motifs is 2. The van der Waals surface area contributed by atoms with Crippen molar-refractivity contribution < 1.29 is 0 Å². The molecule has 2 fully saturated rings. The summed E-state index contributed by atoms with van der Waals surface area (Å²) in [6.45, 7) is 1.99. The van der Waals surface area contributed by atoms with Gasteiger partial charge in [-0.05, 0) is 32.4 Å². The van der Waals surface area contributed by atoms with Crippen molar-refractivity contribution >= 4 is 34.8 Å². The Labute approximate surface area is 130 Å². The van der Waals surface area contributed by atoms with Gasteiger partial charge in [-0.25, -0.2) is 4.98 Å². The average Bonchev–Trinajstić information content (AvgIpc) is 2.65. The largest absolute Gasteiger partial charge is 0.372 e. The number of hydrogen-bond donors (Lipinski definition) is 1. The van der Waals surface area contributed by atoms with Crippen LogP contribution in [0.5, 0.6) is 0 Å². The smallest absolute Gasteiger partial charge is 0.150 e. The lowest BCUT2D eigenvalue weighted by atomic mass is 10.1. The predicted molar refractivity (Wildman–Crippen MR) is 85.2 cm³/mol. The van der Waals surface area contributed by atoms with Crippen LogP contribution in [0.3, 0.4) is 0 Å². The summed E-state index contributed by atoms with van der Waals surface area (Å²) in [5.41, 5.74) is 0. The van der Waals surface area contributed by atoms with Crippen LogP contribution in [0.2, 0.25) is 10.0 Å². The van der Waals surface area contributed by atoms with E-state index in [0.29, 0.717) is 27.9 Å². The van der Waals surface area contributed by atoms with Crippen LogP contribution in [-0.4, -0.2) is 49.2 Å². The first-order valence-electron chi connectivity index (χ1n) is 7.11. The molecule has 2 atom stereocenters. The molecule has 0 aliphatic carbocycles. The number of aromatic nitrogens is 1. The van der Waals surface area contributed by atoms with Crippen LogP contribution in [0, 0.1) is 0 Å². The summed E-state index contributed by atoms with van der Waals surface area (Å²) < 4.78 is 0. The Morgan fingerprint density at radius 3 is 2.70 bits per heavy atom. The Morgan fingerprint density at radius 1 is 1.20 bits per heavy atom. The van der Waals surface area contributed by atoms with Crippen molar-refractivity contribution in [1.82, 2.24) is 9.88 Å². The number of anilines is 2. The van der Waals surface area contributed by atoms with Crippen molar-refractivity contribution in [1.29, 1.82) is 0 Å². The summed E-state index contributed by atoms with van der Waals surface area (Å²) in [6.07, 6.45) is 3.75. The minimum absolute atomic E-state index is 0.565. The molecule has 6 heteroatoms. The number of nitrogens with zero attached hydrogens (tertiary/aromatic N) is 3. The van der Waals surface area contributed by atoms with E-state index in [9.17, 15) is 0 Å². The maximum Gasteiger partial charge on any atom is 0.150 e. The van der Waals surface area contributed by atoms with Crippen molar-refractivity contribution in [2.24, 2.45) is 0 Å². The van der Waals surface area contributed by atoms with Gasteiger partial charge in [0.25, 0.3) is 0 Å². The van der Waals surface area contributed by atoms with Gasteiger partial charge in [0.1, 0.15) is 11.6 Å². The minimum Gasteiger partial charge on any atom is -0.372 e. The molecule has 4 nitrogen and oxygen atoms in total. The van der Waals surface area contributed by atoms with Gasteiger partial charge in [0, 0.05) is 32.2 Å². The van der Waals surface area contributed by atoms with E-state index in [1.807, 2.05) is 7.05 Å². The predicted octanol–water partition coefficient (Wildman–Crippen LogP) is 3.10. The molecule has 0 amide bonds. The third-order valence-electron chi connectivity index (χ3n) is 4.60. The van der Waals surface area contributed by atoms with Gasteiger partial charge in [-0.3, -0.25) is 4.90 Å². The maximum atomic E-state index is 6.35. The molecule has 0 spiro atoms. The quantitative estimate of drug-likeness (QED) is 0.909. The molecule has 2 saturated heterocycles. The van der Waals surface area contributed by atoms with Gasteiger partial charge in [-0.2, -0.15) is 0 Å². The van der Waals surface area contributed by atoms with Crippen LogP contribution in [0.4, 0.5) is 11.6 Å². The summed E-state index contributed by atoms with van der Waals surface area (Å²) >= 11 is 12.5. The second-order valence-electron chi connectivity index (χ2n) is 5.66. The van der Waals surface area contributed by atoms with E-state index in [1.54, 1.807) is 6.07 Å². The van der Waals surface area contributed by atoms with Crippen molar-refractivity contribution in [3.05, 3.63) is 16.1 Å².